The van der Waals surface area contributed by atoms with E-state index in [9.17, 15) is 8.42 Å². The minimum atomic E-state index is -3.54. The molecule has 0 spiro atoms. The predicted molar refractivity (Wildman–Crippen MR) is 155 cm³/mol. The first-order valence-corrected chi connectivity index (χ1v) is 15.1. The molecular weight excluding hydrogens is 530 g/mol. The molecule has 1 saturated heterocycles. The summed E-state index contributed by atoms with van der Waals surface area (Å²) in [6.45, 7) is 7.75. The second-order valence-electron chi connectivity index (χ2n) is 10.0. The Morgan fingerprint density at radius 2 is 1.68 bits per heavy atom. The monoisotopic (exact) mass is 567 g/mol. The summed E-state index contributed by atoms with van der Waals surface area (Å²) >= 11 is 0. The Kier molecular flexibility index (Phi) is 8.34. The van der Waals surface area contributed by atoms with Gasteiger partial charge in [-0.05, 0) is 74.7 Å². The van der Waals surface area contributed by atoms with Gasteiger partial charge in [-0.15, -0.1) is 0 Å². The van der Waals surface area contributed by atoms with Crippen molar-refractivity contribution in [3.05, 3.63) is 60.4 Å². The van der Waals surface area contributed by atoms with E-state index in [0.717, 1.165) is 55.2 Å². The first kappa shape index (κ1) is 28.0. The lowest BCUT2D eigenvalue weighted by Crippen LogP contribution is -2.38. The van der Waals surface area contributed by atoms with E-state index in [1.54, 1.807) is 18.2 Å². The summed E-state index contributed by atoms with van der Waals surface area (Å²) < 4.78 is 46.1. The SMILES string of the molecule is CCOc1cc(CN2CCC(Nc3nc4cc(S(=O)(=O)N(C)C)ccc4o3)CC2)cc(OCC)c1-n1cccc1. The Balaban J connectivity index is 1.24. The van der Waals surface area contributed by atoms with Gasteiger partial charge in [0.25, 0.3) is 6.01 Å². The molecule has 214 valence electrons. The van der Waals surface area contributed by atoms with E-state index in [0.29, 0.717) is 30.3 Å². The first-order chi connectivity index (χ1) is 19.3. The maximum absolute atomic E-state index is 12.5. The van der Waals surface area contributed by atoms with E-state index in [1.165, 1.54) is 18.4 Å². The fourth-order valence-electron chi connectivity index (χ4n) is 5.01. The standard InChI is InChI=1S/C29H37N5O5S/c1-5-37-26-17-21(18-27(38-6-2)28(26)34-13-7-8-14-34)20-33-15-11-22(12-16-33)30-29-31-24-19-23(9-10-25(24)39-29)40(35,36)32(3)4/h7-10,13-14,17-19,22H,5-6,11-12,15-16,20H2,1-4H3,(H,30,31). The molecule has 5 rings (SSSR count). The summed E-state index contributed by atoms with van der Waals surface area (Å²) in [5.41, 5.74) is 3.14. The molecule has 1 aliphatic rings. The van der Waals surface area contributed by atoms with Crippen molar-refractivity contribution in [1.29, 1.82) is 0 Å². The summed E-state index contributed by atoms with van der Waals surface area (Å²) in [4.78, 5) is 7.13. The van der Waals surface area contributed by atoms with Crippen molar-refractivity contribution in [2.45, 2.75) is 44.2 Å². The second-order valence-corrected chi connectivity index (χ2v) is 12.2. The van der Waals surface area contributed by atoms with Crippen LogP contribution in [-0.4, -0.2) is 73.6 Å². The first-order valence-electron chi connectivity index (χ1n) is 13.7. The molecule has 2 aromatic carbocycles. The number of benzene rings is 2. The third-order valence-electron chi connectivity index (χ3n) is 7.02. The third kappa shape index (κ3) is 5.96. The molecule has 0 aliphatic carbocycles. The molecule has 3 heterocycles. The summed E-state index contributed by atoms with van der Waals surface area (Å²) in [5.74, 6) is 1.63. The number of piperidine rings is 1. The smallest absolute Gasteiger partial charge is 0.295 e. The van der Waals surface area contributed by atoms with E-state index < -0.39 is 10.0 Å². The maximum Gasteiger partial charge on any atom is 0.295 e. The van der Waals surface area contributed by atoms with Gasteiger partial charge in [0.15, 0.2) is 5.58 Å². The zero-order valence-electron chi connectivity index (χ0n) is 23.5. The van der Waals surface area contributed by atoms with E-state index in [2.05, 4.69) is 27.3 Å². The highest BCUT2D eigenvalue weighted by atomic mass is 32.2. The van der Waals surface area contributed by atoms with E-state index in [1.807, 2.05) is 42.9 Å². The lowest BCUT2D eigenvalue weighted by Gasteiger charge is -2.32. The molecule has 0 bridgehead atoms. The summed E-state index contributed by atoms with van der Waals surface area (Å²) in [6.07, 6.45) is 5.85. The lowest BCUT2D eigenvalue weighted by atomic mass is 10.0. The highest BCUT2D eigenvalue weighted by molar-refractivity contribution is 7.89. The molecule has 40 heavy (non-hydrogen) atoms. The van der Waals surface area contributed by atoms with Crippen molar-refractivity contribution in [2.24, 2.45) is 0 Å². The van der Waals surface area contributed by atoms with Crippen molar-refractivity contribution in [1.82, 2.24) is 18.8 Å². The van der Waals surface area contributed by atoms with Crippen LogP contribution in [0.5, 0.6) is 11.5 Å². The zero-order valence-corrected chi connectivity index (χ0v) is 24.3. The van der Waals surface area contributed by atoms with Crippen molar-refractivity contribution < 1.29 is 22.3 Å². The van der Waals surface area contributed by atoms with Crippen LogP contribution in [0.25, 0.3) is 16.8 Å². The number of hydrogen-bond donors (Lipinski definition) is 1. The van der Waals surface area contributed by atoms with Gasteiger partial charge in [-0.1, -0.05) is 0 Å². The molecule has 10 nitrogen and oxygen atoms in total. The highest BCUT2D eigenvalue weighted by Crippen LogP contribution is 2.35. The number of anilines is 1. The Labute approximate surface area is 235 Å². The summed E-state index contributed by atoms with van der Waals surface area (Å²) in [7, 11) is -0.515. The molecule has 1 N–H and O–H groups in total. The van der Waals surface area contributed by atoms with Gasteiger partial charge in [0.1, 0.15) is 22.7 Å². The number of ether oxygens (including phenoxy) is 2. The molecule has 2 aromatic heterocycles. The molecule has 0 atom stereocenters. The minimum absolute atomic E-state index is 0.194. The fraction of sp³-hybridized carbons (Fsp3) is 0.414. The van der Waals surface area contributed by atoms with Gasteiger partial charge >= 0.3 is 0 Å². The van der Waals surface area contributed by atoms with Crippen LogP contribution in [0.4, 0.5) is 6.01 Å². The topological polar surface area (TPSA) is 102 Å². The molecular formula is C29H37N5O5S. The maximum atomic E-state index is 12.5. The van der Waals surface area contributed by atoms with Gasteiger partial charge in [0.05, 0.1) is 18.1 Å². The second kappa shape index (κ2) is 11.9. The molecule has 4 aromatic rings. The Bertz CT molecular complexity index is 1510. The number of hydrogen-bond acceptors (Lipinski definition) is 8. The zero-order chi connectivity index (χ0) is 28.3. The number of aromatic nitrogens is 2. The highest BCUT2D eigenvalue weighted by Gasteiger charge is 2.23. The van der Waals surface area contributed by atoms with E-state index in [-0.39, 0.29) is 10.9 Å². The van der Waals surface area contributed by atoms with Gasteiger partial charge in [0, 0.05) is 52.2 Å². The third-order valence-corrected chi connectivity index (χ3v) is 8.83. The van der Waals surface area contributed by atoms with E-state index >= 15 is 0 Å². The number of rotatable bonds is 11. The fourth-order valence-corrected chi connectivity index (χ4v) is 5.93. The van der Waals surface area contributed by atoms with Gasteiger partial charge in [-0.2, -0.15) is 4.98 Å². The van der Waals surface area contributed by atoms with Crippen molar-refractivity contribution in [3.8, 4) is 17.2 Å². The van der Waals surface area contributed by atoms with Crippen LogP contribution in [0, 0.1) is 0 Å². The minimum Gasteiger partial charge on any atom is -0.492 e. The Morgan fingerprint density at radius 3 is 2.27 bits per heavy atom. The summed E-state index contributed by atoms with van der Waals surface area (Å²) in [6, 6.07) is 13.6. The molecule has 0 unspecified atom stereocenters. The van der Waals surface area contributed by atoms with Gasteiger partial charge in [-0.25, -0.2) is 12.7 Å². The van der Waals surface area contributed by atoms with Gasteiger partial charge in [0.2, 0.25) is 10.0 Å². The molecule has 1 aliphatic heterocycles. The van der Waals surface area contributed by atoms with Gasteiger partial charge < -0.3 is 23.8 Å². The number of likely N-dealkylation sites (tertiary alicyclic amines) is 1. The molecule has 0 amide bonds. The number of nitrogens with one attached hydrogen (secondary N) is 1. The van der Waals surface area contributed by atoms with Crippen LogP contribution in [0.3, 0.4) is 0 Å². The van der Waals surface area contributed by atoms with Crippen LogP contribution < -0.4 is 14.8 Å². The predicted octanol–water partition coefficient (Wildman–Crippen LogP) is 4.74. The Morgan fingerprint density at radius 1 is 1.02 bits per heavy atom. The Hall–Kier alpha value is -3.54. The molecule has 0 saturated carbocycles. The van der Waals surface area contributed by atoms with Crippen LogP contribution >= 0.6 is 0 Å². The van der Waals surface area contributed by atoms with Crippen LogP contribution in [0.2, 0.25) is 0 Å². The van der Waals surface area contributed by atoms with Gasteiger partial charge in [-0.3, -0.25) is 4.90 Å². The summed E-state index contributed by atoms with van der Waals surface area (Å²) in [5, 5.41) is 3.40. The average Bonchev–Trinajstić information content (AvgIpc) is 3.59. The number of oxazole rings is 1. The molecule has 0 radical (unpaired) electrons. The van der Waals surface area contributed by atoms with Crippen LogP contribution in [-0.2, 0) is 16.6 Å². The van der Waals surface area contributed by atoms with Crippen molar-refractivity contribution >= 4 is 27.1 Å². The van der Waals surface area contributed by atoms with Crippen molar-refractivity contribution in [3.63, 3.8) is 0 Å². The largest absolute Gasteiger partial charge is 0.492 e. The average molecular weight is 568 g/mol. The number of nitrogens with zero attached hydrogens (tertiary/aromatic N) is 4. The van der Waals surface area contributed by atoms with Crippen LogP contribution in [0.1, 0.15) is 32.3 Å². The molecule has 1 fully saturated rings. The normalized spacial score (nSPS) is 15.1. The number of fused-ring (bicyclic) bond motifs is 1. The van der Waals surface area contributed by atoms with Crippen LogP contribution in [0.15, 0.2) is 64.2 Å². The van der Waals surface area contributed by atoms with Crippen molar-refractivity contribution in [2.75, 3.05) is 45.7 Å². The molecule has 11 heteroatoms. The lowest BCUT2D eigenvalue weighted by molar-refractivity contribution is 0.209. The van der Waals surface area contributed by atoms with E-state index in [4.69, 9.17) is 13.9 Å². The quantitative estimate of drug-likeness (QED) is 0.277. The number of sulfonamides is 1.